The molecule has 0 saturated heterocycles. The largest absolute Gasteiger partial charge is 0.378 e. The first-order valence-corrected chi connectivity index (χ1v) is 7.79. The lowest BCUT2D eigenvalue weighted by Gasteiger charge is -2.36. The molecule has 0 bridgehead atoms. The summed E-state index contributed by atoms with van der Waals surface area (Å²) < 4.78 is 2.17. The molecule has 0 saturated carbocycles. The van der Waals surface area contributed by atoms with E-state index in [2.05, 4.69) is 94.0 Å². The van der Waals surface area contributed by atoms with Crippen LogP contribution in [0.3, 0.4) is 0 Å². The number of allylic oxidation sites excluding steroid dienone is 5. The third kappa shape index (κ3) is 2.78. The first kappa shape index (κ1) is 17.3. The highest BCUT2D eigenvalue weighted by atomic mass is 15.1. The van der Waals surface area contributed by atoms with Crippen LogP contribution >= 0.6 is 0 Å². The van der Waals surface area contributed by atoms with Gasteiger partial charge in [-0.15, -0.1) is 0 Å². The van der Waals surface area contributed by atoms with E-state index >= 15 is 0 Å². The number of fused-ring (bicyclic) bond motifs is 2. The lowest BCUT2D eigenvalue weighted by molar-refractivity contribution is -0.462. The molecule has 1 aromatic carbocycles. The minimum Gasteiger partial charge on any atom is -0.378 e. The monoisotopic (exact) mass is 309 g/mol. The molecule has 122 valence electrons. The van der Waals surface area contributed by atoms with Crippen molar-refractivity contribution in [2.75, 3.05) is 33.1 Å². The number of hydrogen-bond acceptors (Lipinski definition) is 1. The molecule has 0 aromatic heterocycles. The van der Waals surface area contributed by atoms with E-state index in [0.29, 0.717) is 0 Å². The Morgan fingerprint density at radius 1 is 1.00 bits per heavy atom. The van der Waals surface area contributed by atoms with E-state index in [1.165, 1.54) is 33.7 Å². The van der Waals surface area contributed by atoms with Crippen LogP contribution in [0.4, 0.5) is 5.69 Å². The van der Waals surface area contributed by atoms with Crippen LogP contribution in [0.25, 0.3) is 6.08 Å². The summed E-state index contributed by atoms with van der Waals surface area (Å²) in [5, 5.41) is 0. The lowest BCUT2D eigenvalue weighted by Crippen LogP contribution is -2.28. The van der Waals surface area contributed by atoms with E-state index < -0.39 is 0 Å². The second-order valence-electron chi connectivity index (χ2n) is 7.10. The Hall–Kier alpha value is -2.09. The quantitative estimate of drug-likeness (QED) is 0.702. The van der Waals surface area contributed by atoms with Gasteiger partial charge in [-0.25, -0.2) is 4.58 Å². The van der Waals surface area contributed by atoms with Gasteiger partial charge in [0.2, 0.25) is 0 Å². The maximum Gasteiger partial charge on any atom is 0.199 e. The van der Waals surface area contributed by atoms with Crippen molar-refractivity contribution in [1.82, 2.24) is 0 Å². The zero-order valence-electron chi connectivity index (χ0n) is 14.4. The van der Waals surface area contributed by atoms with Gasteiger partial charge in [-0.1, -0.05) is 27.3 Å². The van der Waals surface area contributed by atoms with Crippen LogP contribution in [-0.4, -0.2) is 38.5 Å². The lowest BCUT2D eigenvalue weighted by atomic mass is 9.67. The highest BCUT2D eigenvalue weighted by molar-refractivity contribution is 6.04. The Morgan fingerprint density at radius 3 is 2.30 bits per heavy atom. The molecule has 0 heterocycles. The zero-order chi connectivity index (χ0) is 16.1. The minimum absolute atomic E-state index is 0. The molecule has 0 unspecified atom stereocenters. The van der Waals surface area contributed by atoms with Gasteiger partial charge in [0.1, 0.15) is 14.1 Å². The maximum absolute atomic E-state index is 2.33. The summed E-state index contributed by atoms with van der Waals surface area (Å²) in [7, 11) is 8.39. The molecule has 0 fully saturated rings. The van der Waals surface area contributed by atoms with Crippen molar-refractivity contribution in [2.24, 2.45) is 0 Å². The molecule has 2 nitrogen and oxygen atoms in total. The average molecular weight is 309 g/mol. The summed E-state index contributed by atoms with van der Waals surface area (Å²) in [5.41, 5.74) is 8.00. The van der Waals surface area contributed by atoms with Crippen molar-refractivity contribution < 1.29 is 4.58 Å². The molecular weight excluding hydrogens is 280 g/mol. The highest BCUT2D eigenvalue weighted by Crippen LogP contribution is 2.45. The fourth-order valence-corrected chi connectivity index (χ4v) is 3.29. The second kappa shape index (κ2) is 5.84. The van der Waals surface area contributed by atoms with Gasteiger partial charge < -0.3 is 4.90 Å². The minimum atomic E-state index is 0. The van der Waals surface area contributed by atoms with Gasteiger partial charge >= 0.3 is 0 Å². The Bertz CT molecular complexity index is 752. The summed E-state index contributed by atoms with van der Waals surface area (Å²) >= 11 is 0. The van der Waals surface area contributed by atoms with Gasteiger partial charge in [0, 0.05) is 37.3 Å². The normalized spacial score (nSPS) is 17.4. The number of nitrogens with zero attached hydrogens (tertiary/aromatic N) is 2. The van der Waals surface area contributed by atoms with Gasteiger partial charge in [-0.3, -0.25) is 0 Å². The average Bonchev–Trinajstić information content (AvgIpc) is 2.46. The molecule has 0 amide bonds. The van der Waals surface area contributed by atoms with E-state index in [4.69, 9.17) is 0 Å². The van der Waals surface area contributed by atoms with Crippen molar-refractivity contribution in [1.29, 1.82) is 0 Å². The van der Waals surface area contributed by atoms with Crippen LogP contribution < -0.4 is 4.90 Å². The van der Waals surface area contributed by atoms with E-state index in [1.54, 1.807) is 0 Å². The van der Waals surface area contributed by atoms with Crippen LogP contribution in [-0.2, 0) is 5.41 Å². The van der Waals surface area contributed by atoms with E-state index in [0.717, 1.165) is 0 Å². The zero-order valence-corrected chi connectivity index (χ0v) is 14.4. The molecule has 2 aliphatic carbocycles. The van der Waals surface area contributed by atoms with E-state index in [1.807, 2.05) is 0 Å². The fourth-order valence-electron chi connectivity index (χ4n) is 3.29. The Kier molecular flexibility index (Phi) is 4.39. The predicted molar refractivity (Wildman–Crippen MR) is 103 cm³/mol. The third-order valence-corrected chi connectivity index (χ3v) is 4.76. The number of anilines is 1. The number of benzene rings is 1. The summed E-state index contributed by atoms with van der Waals surface area (Å²) in [6, 6.07) is 6.77. The summed E-state index contributed by atoms with van der Waals surface area (Å²) in [5.74, 6) is 0. The van der Waals surface area contributed by atoms with Crippen LogP contribution in [0.1, 0.15) is 32.4 Å². The molecular formula is C21H29N2+. The number of rotatable bonds is 1. The van der Waals surface area contributed by atoms with E-state index in [-0.39, 0.29) is 12.8 Å². The predicted octanol–water partition coefficient (Wildman–Crippen LogP) is 4.27. The Morgan fingerprint density at radius 2 is 1.70 bits per heavy atom. The van der Waals surface area contributed by atoms with Gasteiger partial charge in [0.15, 0.2) is 5.71 Å². The molecule has 0 spiro atoms. The Balaban J connectivity index is 0.00000192. The molecule has 1 aromatic rings. The topological polar surface area (TPSA) is 6.25 Å². The van der Waals surface area contributed by atoms with Crippen molar-refractivity contribution in [3.8, 4) is 0 Å². The first-order chi connectivity index (χ1) is 10.3. The van der Waals surface area contributed by atoms with E-state index in [9.17, 15) is 0 Å². The summed E-state index contributed by atoms with van der Waals surface area (Å²) in [6.45, 7) is 4.66. The molecule has 2 aliphatic rings. The molecule has 23 heavy (non-hydrogen) atoms. The molecule has 0 aliphatic heterocycles. The van der Waals surface area contributed by atoms with Crippen molar-refractivity contribution in [3.05, 3.63) is 58.7 Å². The summed E-state index contributed by atoms with van der Waals surface area (Å²) in [6.07, 6.45) is 9.09. The molecule has 0 atom stereocenters. The molecule has 0 N–H and O–H groups in total. The SMILES string of the molecule is C.CN(C)c1ccc2c(c1)C(C)(C)C1=CC(=[N+](C)C)C=CC1=C2. The molecule has 2 heteroatoms. The van der Waals surface area contributed by atoms with Crippen LogP contribution in [0.5, 0.6) is 0 Å². The van der Waals surface area contributed by atoms with Gasteiger partial charge in [-0.05, 0) is 46.6 Å². The number of hydrogen-bond donors (Lipinski definition) is 0. The van der Waals surface area contributed by atoms with Crippen molar-refractivity contribution >= 4 is 17.5 Å². The van der Waals surface area contributed by atoms with Crippen molar-refractivity contribution in [2.45, 2.75) is 26.7 Å². The van der Waals surface area contributed by atoms with Crippen LogP contribution in [0, 0.1) is 0 Å². The molecule has 0 radical (unpaired) electrons. The standard InChI is InChI=1S/C20H25N2.CH4/c1-20(2)18-12-16(21(3)4)9-7-14(18)11-15-8-10-17(22(5)6)13-19(15)20;/h7-13H,1-6H3;1H4/q+1;. The van der Waals surface area contributed by atoms with Crippen LogP contribution in [0.15, 0.2) is 47.6 Å². The van der Waals surface area contributed by atoms with Gasteiger partial charge in [0.05, 0.1) is 0 Å². The maximum atomic E-state index is 2.33. The molecule has 3 rings (SSSR count). The van der Waals surface area contributed by atoms with Gasteiger partial charge in [0.25, 0.3) is 0 Å². The Labute approximate surface area is 141 Å². The smallest absolute Gasteiger partial charge is 0.199 e. The first-order valence-electron chi connectivity index (χ1n) is 7.79. The third-order valence-electron chi connectivity index (χ3n) is 4.76. The fraction of sp³-hybridized carbons (Fsp3) is 0.381. The van der Waals surface area contributed by atoms with Crippen LogP contribution in [0.2, 0.25) is 0 Å². The van der Waals surface area contributed by atoms with Crippen molar-refractivity contribution in [3.63, 3.8) is 0 Å². The summed E-state index contributed by atoms with van der Waals surface area (Å²) in [4.78, 5) is 2.17. The second-order valence-corrected chi connectivity index (χ2v) is 7.10. The van der Waals surface area contributed by atoms with Gasteiger partial charge in [-0.2, -0.15) is 0 Å². The highest BCUT2D eigenvalue weighted by Gasteiger charge is 2.35.